The Balaban J connectivity index is 2.61. The molecule has 1 aromatic carbocycles. The fourth-order valence-corrected chi connectivity index (χ4v) is 2.91. The lowest BCUT2D eigenvalue weighted by atomic mass is 9.86. The van der Waals surface area contributed by atoms with Crippen LogP contribution in [-0.2, 0) is 5.41 Å². The van der Waals surface area contributed by atoms with Crippen LogP contribution in [0.25, 0.3) is 0 Å². The van der Waals surface area contributed by atoms with Crippen molar-refractivity contribution in [2.45, 2.75) is 38.5 Å². The predicted octanol–water partition coefficient (Wildman–Crippen LogP) is 4.04. The molecule has 1 N–H and O–H groups in total. The van der Waals surface area contributed by atoms with Gasteiger partial charge in [0.2, 0.25) is 0 Å². The van der Waals surface area contributed by atoms with Gasteiger partial charge in [-0.3, -0.25) is 4.84 Å². The fourth-order valence-electron chi connectivity index (χ4n) is 2.75. The van der Waals surface area contributed by atoms with Crippen molar-refractivity contribution in [3.05, 3.63) is 29.3 Å². The van der Waals surface area contributed by atoms with Crippen LogP contribution >= 0.6 is 11.8 Å². The minimum Gasteiger partial charge on any atom is -0.298 e. The van der Waals surface area contributed by atoms with E-state index in [1.165, 1.54) is 17.5 Å². The van der Waals surface area contributed by atoms with Gasteiger partial charge in [0.15, 0.2) is 0 Å². The molecule has 1 aliphatic carbocycles. The van der Waals surface area contributed by atoms with Crippen molar-refractivity contribution in [2.75, 3.05) is 4.84 Å². The first-order chi connectivity index (χ1) is 6.56. The first-order valence-electron chi connectivity index (χ1n) is 5.06. The normalized spacial score (nSPS) is 23.3. The van der Waals surface area contributed by atoms with Gasteiger partial charge in [-0.25, -0.2) is 0 Å². The Labute approximate surface area is 90.6 Å². The molecule has 0 heterocycles. The molecule has 0 saturated heterocycles. The lowest BCUT2D eigenvalue weighted by Gasteiger charge is -2.19. The van der Waals surface area contributed by atoms with Gasteiger partial charge in [0.05, 0.1) is 5.69 Å². The van der Waals surface area contributed by atoms with Gasteiger partial charge in [0, 0.05) is 11.8 Å². The van der Waals surface area contributed by atoms with Gasteiger partial charge in [-0.2, -0.15) is 0 Å². The number of rotatable bonds is 1. The third kappa shape index (κ3) is 1.31. The fraction of sp³-hybridized carbons (Fsp3) is 0.500. The number of benzene rings is 1. The van der Waals surface area contributed by atoms with E-state index in [0.717, 1.165) is 5.69 Å². The molecular weight excluding hydrogens is 194 g/mol. The Kier molecular flexibility index (Phi) is 2.23. The summed E-state index contributed by atoms with van der Waals surface area (Å²) in [5.41, 5.74) is 4.20. The summed E-state index contributed by atoms with van der Waals surface area (Å²) in [5, 5.41) is 0. The van der Waals surface area contributed by atoms with Crippen molar-refractivity contribution in [1.29, 1.82) is 0 Å². The smallest absolute Gasteiger partial charge is 0.0529 e. The molecule has 0 spiro atoms. The predicted molar refractivity (Wildman–Crippen MR) is 62.0 cm³/mol. The number of hydrogen-bond donors (Lipinski definition) is 1. The number of halogens is 1. The Morgan fingerprint density at radius 3 is 2.79 bits per heavy atom. The average molecular weight is 210 g/mol. The van der Waals surface area contributed by atoms with Crippen molar-refractivity contribution in [3.63, 3.8) is 0 Å². The second kappa shape index (κ2) is 3.16. The summed E-state index contributed by atoms with van der Waals surface area (Å²) < 4.78 is 0. The minimum atomic E-state index is 0.290. The van der Waals surface area contributed by atoms with Crippen LogP contribution in [0.5, 0.6) is 0 Å². The number of anilines is 1. The maximum absolute atomic E-state index is 5.72. The quantitative estimate of drug-likeness (QED) is 0.689. The Hall–Kier alpha value is -0.690. The van der Waals surface area contributed by atoms with E-state index >= 15 is 0 Å². The molecule has 1 unspecified atom stereocenters. The molecule has 0 saturated carbocycles. The van der Waals surface area contributed by atoms with E-state index in [4.69, 9.17) is 11.8 Å². The van der Waals surface area contributed by atoms with Crippen LogP contribution in [0.2, 0.25) is 0 Å². The van der Waals surface area contributed by atoms with Crippen molar-refractivity contribution in [1.82, 2.24) is 0 Å². The monoisotopic (exact) mass is 209 g/mol. The summed E-state index contributed by atoms with van der Waals surface area (Å²) >= 11 is 5.72. The van der Waals surface area contributed by atoms with Crippen LogP contribution in [0.3, 0.4) is 0 Å². The van der Waals surface area contributed by atoms with E-state index in [0.29, 0.717) is 11.3 Å². The molecule has 0 bridgehead atoms. The highest BCUT2D eigenvalue weighted by Crippen LogP contribution is 2.48. The van der Waals surface area contributed by atoms with E-state index < -0.39 is 0 Å². The molecule has 1 aliphatic rings. The first kappa shape index (κ1) is 9.85. The van der Waals surface area contributed by atoms with Crippen LogP contribution < -0.4 is 4.84 Å². The highest BCUT2D eigenvalue weighted by Gasteiger charge is 2.35. The molecule has 2 heteroatoms. The lowest BCUT2D eigenvalue weighted by molar-refractivity contribution is 0.489. The van der Waals surface area contributed by atoms with Gasteiger partial charge in [-0.15, -0.1) is 0 Å². The molecule has 0 fully saturated rings. The Bertz CT molecular complexity index is 357. The summed E-state index contributed by atoms with van der Waals surface area (Å²) in [4.78, 5) is 2.77. The molecule has 1 atom stereocenters. The maximum Gasteiger partial charge on any atom is 0.0529 e. The lowest BCUT2D eigenvalue weighted by Crippen LogP contribution is -2.11. The van der Waals surface area contributed by atoms with E-state index in [1.807, 2.05) is 6.07 Å². The van der Waals surface area contributed by atoms with E-state index in [-0.39, 0.29) is 0 Å². The van der Waals surface area contributed by atoms with Crippen LogP contribution in [0.1, 0.15) is 44.2 Å². The van der Waals surface area contributed by atoms with Crippen LogP contribution in [0, 0.1) is 0 Å². The van der Waals surface area contributed by atoms with Gasteiger partial charge >= 0.3 is 0 Å². The molecular formula is C12H16ClN. The molecule has 0 aliphatic heterocycles. The van der Waals surface area contributed by atoms with Gasteiger partial charge in [-0.05, 0) is 34.9 Å². The van der Waals surface area contributed by atoms with E-state index in [1.54, 1.807) is 0 Å². The van der Waals surface area contributed by atoms with Crippen molar-refractivity contribution in [3.8, 4) is 0 Å². The third-order valence-electron chi connectivity index (χ3n) is 3.25. The van der Waals surface area contributed by atoms with E-state index in [9.17, 15) is 0 Å². The van der Waals surface area contributed by atoms with Crippen LogP contribution in [0.4, 0.5) is 5.69 Å². The SMILES string of the molecule is CC1CC(C)(C)c2cccc(NCl)c21. The highest BCUT2D eigenvalue weighted by molar-refractivity contribution is 6.24. The van der Waals surface area contributed by atoms with Gasteiger partial charge < -0.3 is 0 Å². The van der Waals surface area contributed by atoms with Gasteiger partial charge in [-0.1, -0.05) is 32.9 Å². The Morgan fingerprint density at radius 1 is 1.43 bits per heavy atom. The summed E-state index contributed by atoms with van der Waals surface area (Å²) in [6.45, 7) is 6.87. The topological polar surface area (TPSA) is 12.0 Å². The zero-order valence-electron chi connectivity index (χ0n) is 8.89. The van der Waals surface area contributed by atoms with Crippen LogP contribution in [-0.4, -0.2) is 0 Å². The number of nitrogens with one attached hydrogen (secondary N) is 1. The third-order valence-corrected chi connectivity index (χ3v) is 3.45. The molecule has 14 heavy (non-hydrogen) atoms. The Morgan fingerprint density at radius 2 is 2.14 bits per heavy atom. The maximum atomic E-state index is 5.72. The average Bonchev–Trinajstić information content (AvgIpc) is 2.38. The van der Waals surface area contributed by atoms with Crippen molar-refractivity contribution >= 4 is 17.5 Å². The molecule has 76 valence electrons. The summed E-state index contributed by atoms with van der Waals surface area (Å²) in [7, 11) is 0. The molecule has 0 radical (unpaired) electrons. The molecule has 0 amide bonds. The molecule has 2 rings (SSSR count). The molecule has 0 aromatic heterocycles. The standard InChI is InChI=1S/C12H16ClN/c1-8-7-12(2,3)9-5-4-6-10(14-13)11(8)9/h4-6,8,14H,7H2,1-3H3. The van der Waals surface area contributed by atoms with Crippen molar-refractivity contribution < 1.29 is 0 Å². The largest absolute Gasteiger partial charge is 0.298 e. The van der Waals surface area contributed by atoms with Crippen molar-refractivity contribution in [2.24, 2.45) is 0 Å². The second-order valence-electron chi connectivity index (χ2n) is 4.85. The zero-order chi connectivity index (χ0) is 10.3. The summed E-state index contributed by atoms with van der Waals surface area (Å²) in [5.74, 6) is 0.599. The first-order valence-corrected chi connectivity index (χ1v) is 5.44. The number of hydrogen-bond acceptors (Lipinski definition) is 1. The minimum absolute atomic E-state index is 0.290. The van der Waals surface area contributed by atoms with E-state index in [2.05, 4.69) is 37.7 Å². The van der Waals surface area contributed by atoms with Crippen LogP contribution in [0.15, 0.2) is 18.2 Å². The highest BCUT2D eigenvalue weighted by atomic mass is 35.5. The zero-order valence-corrected chi connectivity index (χ0v) is 9.65. The second-order valence-corrected chi connectivity index (χ2v) is 5.04. The van der Waals surface area contributed by atoms with Gasteiger partial charge in [0.1, 0.15) is 0 Å². The number of fused-ring (bicyclic) bond motifs is 1. The van der Waals surface area contributed by atoms with Gasteiger partial charge in [0.25, 0.3) is 0 Å². The summed E-state index contributed by atoms with van der Waals surface area (Å²) in [6, 6.07) is 6.34. The molecule has 1 nitrogen and oxygen atoms in total. The molecule has 1 aromatic rings. The summed E-state index contributed by atoms with van der Waals surface area (Å²) in [6.07, 6.45) is 1.21.